The second kappa shape index (κ2) is 7.60. The fraction of sp³-hybridized carbons (Fsp3) is 0.308. The average molecular weight is 173 g/mol. The first-order chi connectivity index (χ1) is 6.50. The van der Waals surface area contributed by atoms with Gasteiger partial charge in [0.1, 0.15) is 0 Å². The van der Waals surface area contributed by atoms with Gasteiger partial charge < -0.3 is 0 Å². The second-order valence-corrected chi connectivity index (χ2v) is 3.05. The summed E-state index contributed by atoms with van der Waals surface area (Å²) in [5, 5.41) is 0. The van der Waals surface area contributed by atoms with Crippen LogP contribution in [0.2, 0.25) is 0 Å². The van der Waals surface area contributed by atoms with E-state index < -0.39 is 0 Å². The van der Waals surface area contributed by atoms with Gasteiger partial charge in [-0.05, 0) is 32.1 Å². The number of hydrogen-bond acceptors (Lipinski definition) is 0. The van der Waals surface area contributed by atoms with Gasteiger partial charge in [-0.15, -0.1) is 0 Å². The van der Waals surface area contributed by atoms with Gasteiger partial charge in [0.25, 0.3) is 0 Å². The van der Waals surface area contributed by atoms with Gasteiger partial charge in [0.2, 0.25) is 0 Å². The first kappa shape index (κ1) is 10.0. The zero-order chi connectivity index (χ0) is 9.19. The molecule has 0 aromatic rings. The Labute approximate surface area is 81.4 Å². The van der Waals surface area contributed by atoms with Crippen molar-refractivity contribution in [1.82, 2.24) is 0 Å². The molecule has 0 atom stereocenters. The molecule has 0 saturated heterocycles. The van der Waals surface area contributed by atoms with E-state index in [9.17, 15) is 0 Å². The maximum absolute atomic E-state index is 2.33. The molecule has 0 nitrogen and oxygen atoms in total. The molecule has 1 radical (unpaired) electrons. The van der Waals surface area contributed by atoms with Crippen molar-refractivity contribution in [2.45, 2.75) is 25.7 Å². The highest BCUT2D eigenvalue weighted by molar-refractivity contribution is 5.12. The van der Waals surface area contributed by atoms with E-state index in [2.05, 4.69) is 55.0 Å². The standard InChI is InChI=1S/C13H17/c1-2-4-6-8-10-12-13-11-9-7-5-3-1/h1-6,9,11-12H,7-8,10,13H2/b2-1+,5-3-,6-4-,11-9-. The highest BCUT2D eigenvalue weighted by Crippen LogP contribution is 2.02. The number of allylic oxidation sites excluding steroid dienone is 8. The Balaban J connectivity index is 2.38. The van der Waals surface area contributed by atoms with Gasteiger partial charge >= 0.3 is 0 Å². The molecule has 0 heterocycles. The predicted octanol–water partition coefficient (Wildman–Crippen LogP) is 3.99. The predicted molar refractivity (Wildman–Crippen MR) is 59.3 cm³/mol. The Morgan fingerprint density at radius 1 is 0.538 bits per heavy atom. The highest BCUT2D eigenvalue weighted by atomic mass is 13.9. The maximum Gasteiger partial charge on any atom is -0.0166 e. The van der Waals surface area contributed by atoms with E-state index in [1.54, 1.807) is 0 Å². The third-order valence-electron chi connectivity index (χ3n) is 1.88. The summed E-state index contributed by atoms with van der Waals surface area (Å²) in [5.41, 5.74) is 0. The lowest BCUT2D eigenvalue weighted by Gasteiger charge is -1.91. The van der Waals surface area contributed by atoms with Crippen LogP contribution < -0.4 is 0 Å². The molecule has 0 aliphatic heterocycles. The molecule has 69 valence electrons. The summed E-state index contributed by atoms with van der Waals surface area (Å²) in [6.45, 7) is 0. The summed E-state index contributed by atoms with van der Waals surface area (Å²) >= 11 is 0. The Morgan fingerprint density at radius 2 is 1.31 bits per heavy atom. The zero-order valence-electron chi connectivity index (χ0n) is 8.02. The van der Waals surface area contributed by atoms with E-state index in [4.69, 9.17) is 0 Å². The second-order valence-electron chi connectivity index (χ2n) is 3.05. The van der Waals surface area contributed by atoms with E-state index in [-0.39, 0.29) is 0 Å². The van der Waals surface area contributed by atoms with Gasteiger partial charge in [-0.2, -0.15) is 0 Å². The summed E-state index contributed by atoms with van der Waals surface area (Å²) in [4.78, 5) is 0. The van der Waals surface area contributed by atoms with Gasteiger partial charge in [-0.25, -0.2) is 0 Å². The van der Waals surface area contributed by atoms with Crippen molar-refractivity contribution in [3.63, 3.8) is 0 Å². The van der Waals surface area contributed by atoms with Crippen LogP contribution in [0.3, 0.4) is 0 Å². The van der Waals surface area contributed by atoms with Crippen LogP contribution in [0.5, 0.6) is 0 Å². The van der Waals surface area contributed by atoms with Crippen LogP contribution in [-0.4, -0.2) is 0 Å². The fourth-order valence-corrected chi connectivity index (χ4v) is 1.16. The largest absolute Gasteiger partial charge is 0.0879 e. The SMILES string of the molecule is [CH]1C/C=C\C\C=C/C=C/C=C\CC1. The van der Waals surface area contributed by atoms with Crippen molar-refractivity contribution < 1.29 is 0 Å². The van der Waals surface area contributed by atoms with E-state index in [0.29, 0.717) is 0 Å². The Morgan fingerprint density at radius 3 is 2.23 bits per heavy atom. The normalized spacial score (nSPS) is 28.9. The first-order valence-corrected chi connectivity index (χ1v) is 4.95. The van der Waals surface area contributed by atoms with Crippen molar-refractivity contribution in [2.75, 3.05) is 0 Å². The molecule has 13 heavy (non-hydrogen) atoms. The molecule has 0 bridgehead atoms. The molecule has 0 aromatic carbocycles. The molecule has 0 aromatic heterocycles. The Bertz CT molecular complexity index is 216. The molecule has 0 unspecified atom stereocenters. The average Bonchev–Trinajstić information content (AvgIpc) is 2.18. The van der Waals surface area contributed by atoms with Crippen LogP contribution >= 0.6 is 0 Å². The Hall–Kier alpha value is -1.04. The third-order valence-corrected chi connectivity index (χ3v) is 1.88. The summed E-state index contributed by atoms with van der Waals surface area (Å²) < 4.78 is 0. The smallest absolute Gasteiger partial charge is 0.0166 e. The molecular formula is C13H17. The lowest BCUT2D eigenvalue weighted by molar-refractivity contribution is 0.932. The third kappa shape index (κ3) is 6.15. The summed E-state index contributed by atoms with van der Waals surface area (Å²) in [5.74, 6) is 0. The summed E-state index contributed by atoms with van der Waals surface area (Å²) in [6.07, 6.45) is 24.0. The van der Waals surface area contributed by atoms with Crippen LogP contribution in [0.4, 0.5) is 0 Å². The first-order valence-electron chi connectivity index (χ1n) is 4.95. The van der Waals surface area contributed by atoms with Crippen LogP contribution in [0.1, 0.15) is 25.7 Å². The van der Waals surface area contributed by atoms with E-state index in [1.165, 1.54) is 6.42 Å². The molecule has 0 saturated carbocycles. The van der Waals surface area contributed by atoms with Crippen LogP contribution in [0.15, 0.2) is 48.6 Å². The monoisotopic (exact) mass is 173 g/mol. The molecule has 0 spiro atoms. The summed E-state index contributed by atoms with van der Waals surface area (Å²) in [7, 11) is 0. The van der Waals surface area contributed by atoms with E-state index in [1.807, 2.05) is 0 Å². The molecule has 0 heteroatoms. The molecule has 1 aliphatic rings. The van der Waals surface area contributed by atoms with E-state index in [0.717, 1.165) is 19.3 Å². The minimum atomic E-state index is 1.04. The van der Waals surface area contributed by atoms with Gasteiger partial charge in [-0.3, -0.25) is 0 Å². The molecule has 0 fully saturated rings. The molecular weight excluding hydrogens is 156 g/mol. The molecule has 1 rings (SSSR count). The molecule has 1 aliphatic carbocycles. The highest BCUT2D eigenvalue weighted by Gasteiger charge is 1.83. The quantitative estimate of drug-likeness (QED) is 0.486. The van der Waals surface area contributed by atoms with Gasteiger partial charge in [0.15, 0.2) is 0 Å². The van der Waals surface area contributed by atoms with Gasteiger partial charge in [0.05, 0.1) is 0 Å². The fourth-order valence-electron chi connectivity index (χ4n) is 1.16. The van der Waals surface area contributed by atoms with Crippen molar-refractivity contribution in [3.05, 3.63) is 55.0 Å². The number of rotatable bonds is 0. The maximum atomic E-state index is 2.33. The Kier molecular flexibility index (Phi) is 5.87. The number of hydrogen-bond donors (Lipinski definition) is 0. The van der Waals surface area contributed by atoms with Gasteiger partial charge in [0, 0.05) is 0 Å². The minimum Gasteiger partial charge on any atom is -0.0879 e. The topological polar surface area (TPSA) is 0 Å². The molecule has 0 N–H and O–H groups in total. The van der Waals surface area contributed by atoms with Crippen LogP contribution in [-0.2, 0) is 0 Å². The van der Waals surface area contributed by atoms with E-state index >= 15 is 0 Å². The molecule has 0 amide bonds. The van der Waals surface area contributed by atoms with Crippen LogP contribution in [0, 0.1) is 6.42 Å². The summed E-state index contributed by atoms with van der Waals surface area (Å²) in [6, 6.07) is 0. The van der Waals surface area contributed by atoms with Crippen molar-refractivity contribution in [1.29, 1.82) is 0 Å². The minimum absolute atomic E-state index is 1.04. The van der Waals surface area contributed by atoms with Crippen molar-refractivity contribution in [2.24, 2.45) is 0 Å². The van der Waals surface area contributed by atoms with Crippen LogP contribution in [0.25, 0.3) is 0 Å². The van der Waals surface area contributed by atoms with Gasteiger partial charge in [-0.1, -0.05) is 48.6 Å². The zero-order valence-corrected chi connectivity index (χ0v) is 8.02. The lowest BCUT2D eigenvalue weighted by Crippen LogP contribution is -1.73. The lowest BCUT2D eigenvalue weighted by atomic mass is 10.2. The van der Waals surface area contributed by atoms with Crippen molar-refractivity contribution >= 4 is 0 Å². The van der Waals surface area contributed by atoms with Crippen molar-refractivity contribution in [3.8, 4) is 0 Å².